The van der Waals surface area contributed by atoms with E-state index >= 15 is 0 Å². The van der Waals surface area contributed by atoms with Crippen molar-refractivity contribution in [3.05, 3.63) is 61.2 Å². The first-order chi connectivity index (χ1) is 21.3. The number of nitrogens with one attached hydrogen (secondary N) is 1. The molecule has 0 bridgehead atoms. The molecule has 0 amide bonds. The van der Waals surface area contributed by atoms with Crippen molar-refractivity contribution >= 4 is 27.9 Å². The fourth-order valence-electron chi connectivity index (χ4n) is 5.24. The molecule has 1 aliphatic heterocycles. The molecule has 1 N–H and O–H groups in total. The normalized spacial score (nSPS) is 14.2. The van der Waals surface area contributed by atoms with Crippen LogP contribution in [0.15, 0.2) is 61.2 Å². The van der Waals surface area contributed by atoms with Crippen LogP contribution in [0.3, 0.4) is 0 Å². The van der Waals surface area contributed by atoms with E-state index < -0.39 is 11.7 Å². The summed E-state index contributed by atoms with van der Waals surface area (Å²) in [5.41, 5.74) is 2.68. The molecule has 11 nitrogen and oxygen atoms in total. The number of nitrogens with zero attached hydrogens (tertiary/aromatic N) is 4. The minimum atomic E-state index is -0.620. The van der Waals surface area contributed by atoms with Gasteiger partial charge in [0, 0.05) is 72.1 Å². The van der Waals surface area contributed by atoms with Crippen molar-refractivity contribution in [2.45, 2.75) is 32.8 Å². The number of hydrogen-bond donors (Lipinski definition) is 1. The Kier molecular flexibility index (Phi) is 8.40. The van der Waals surface area contributed by atoms with E-state index in [0.29, 0.717) is 29.7 Å². The van der Waals surface area contributed by atoms with Gasteiger partial charge in [-0.15, -0.1) is 0 Å². The minimum Gasteiger partial charge on any atom is -0.493 e. The number of hydrogen-bond acceptors (Lipinski definition) is 9. The highest BCUT2D eigenvalue weighted by Crippen LogP contribution is 2.38. The molecule has 1 aliphatic rings. The SMILES string of the molecule is COc1cc2c(-c3c[nH]c4cc(Oc5cccn5C(=O)OC(C)(C)C)ccc34)ncnc2cc1OCCCN1CCOCC1. The smallest absolute Gasteiger partial charge is 0.421 e. The zero-order valence-electron chi connectivity index (χ0n) is 25.5. The fourth-order valence-corrected chi connectivity index (χ4v) is 5.24. The van der Waals surface area contributed by atoms with Gasteiger partial charge in [0.25, 0.3) is 0 Å². The van der Waals surface area contributed by atoms with Gasteiger partial charge in [0.05, 0.1) is 38.1 Å². The lowest BCUT2D eigenvalue weighted by Crippen LogP contribution is -2.37. The maximum absolute atomic E-state index is 12.6. The minimum absolute atomic E-state index is 0.360. The molecule has 4 heterocycles. The Morgan fingerprint density at radius 3 is 2.68 bits per heavy atom. The number of aromatic amines is 1. The summed E-state index contributed by atoms with van der Waals surface area (Å²) in [7, 11) is 1.64. The first-order valence-corrected chi connectivity index (χ1v) is 14.7. The van der Waals surface area contributed by atoms with E-state index in [9.17, 15) is 4.79 Å². The van der Waals surface area contributed by atoms with Gasteiger partial charge in [-0.25, -0.2) is 19.3 Å². The number of benzene rings is 2. The van der Waals surface area contributed by atoms with Gasteiger partial charge in [0.15, 0.2) is 11.5 Å². The van der Waals surface area contributed by atoms with E-state index in [4.69, 9.17) is 23.7 Å². The van der Waals surface area contributed by atoms with Crippen molar-refractivity contribution in [1.29, 1.82) is 0 Å². The van der Waals surface area contributed by atoms with Crippen molar-refractivity contribution in [2.24, 2.45) is 0 Å². The van der Waals surface area contributed by atoms with Gasteiger partial charge in [0.1, 0.15) is 17.7 Å². The number of carbonyl (C=O) groups is 1. The summed E-state index contributed by atoms with van der Waals surface area (Å²) in [6, 6.07) is 13.0. The molecule has 1 fully saturated rings. The van der Waals surface area contributed by atoms with Crippen molar-refractivity contribution in [3.8, 4) is 34.4 Å². The predicted octanol–water partition coefficient (Wildman–Crippen LogP) is 6.26. The van der Waals surface area contributed by atoms with Crippen molar-refractivity contribution in [2.75, 3.05) is 46.6 Å². The summed E-state index contributed by atoms with van der Waals surface area (Å²) in [6.45, 7) is 10.5. The number of fused-ring (bicyclic) bond motifs is 2. The largest absolute Gasteiger partial charge is 0.493 e. The number of morpholine rings is 1. The average molecular weight is 600 g/mol. The third-order valence-corrected chi connectivity index (χ3v) is 7.33. The Balaban J connectivity index is 1.22. The van der Waals surface area contributed by atoms with Gasteiger partial charge in [-0.3, -0.25) is 4.90 Å². The number of rotatable bonds is 9. The van der Waals surface area contributed by atoms with Crippen LogP contribution < -0.4 is 14.2 Å². The summed E-state index contributed by atoms with van der Waals surface area (Å²) in [6.07, 6.45) is 5.50. The van der Waals surface area contributed by atoms with Crippen molar-refractivity contribution < 1.29 is 28.5 Å². The number of methoxy groups -OCH3 is 1. The molecule has 230 valence electrons. The van der Waals surface area contributed by atoms with Crippen LogP contribution in [0.4, 0.5) is 4.79 Å². The molecule has 0 unspecified atom stereocenters. The molecule has 3 aromatic heterocycles. The van der Waals surface area contributed by atoms with E-state index in [1.807, 2.05) is 57.3 Å². The van der Waals surface area contributed by atoms with Crippen LogP contribution in [0.25, 0.3) is 33.1 Å². The van der Waals surface area contributed by atoms with E-state index in [1.54, 1.807) is 31.8 Å². The molecule has 1 saturated heterocycles. The first kappa shape index (κ1) is 29.5. The van der Waals surface area contributed by atoms with Gasteiger partial charge >= 0.3 is 6.09 Å². The lowest BCUT2D eigenvalue weighted by molar-refractivity contribution is 0.0357. The molecule has 0 atom stereocenters. The molecule has 5 aromatic rings. The zero-order valence-corrected chi connectivity index (χ0v) is 25.5. The van der Waals surface area contributed by atoms with Crippen LogP contribution in [0.5, 0.6) is 23.1 Å². The molecule has 44 heavy (non-hydrogen) atoms. The Labute approximate surface area is 255 Å². The summed E-state index contributed by atoms with van der Waals surface area (Å²) in [5, 5.41) is 1.81. The summed E-state index contributed by atoms with van der Waals surface area (Å²) < 4.78 is 30.2. The molecule has 6 rings (SSSR count). The summed E-state index contributed by atoms with van der Waals surface area (Å²) in [5.74, 6) is 2.21. The van der Waals surface area contributed by atoms with Gasteiger partial charge < -0.3 is 28.7 Å². The van der Waals surface area contributed by atoms with Gasteiger partial charge in [-0.05, 0) is 51.5 Å². The van der Waals surface area contributed by atoms with Crippen LogP contribution >= 0.6 is 0 Å². The number of aromatic nitrogens is 4. The van der Waals surface area contributed by atoms with E-state index in [2.05, 4.69) is 19.9 Å². The zero-order chi connectivity index (χ0) is 30.7. The summed E-state index contributed by atoms with van der Waals surface area (Å²) in [4.78, 5) is 27.5. The third-order valence-electron chi connectivity index (χ3n) is 7.33. The van der Waals surface area contributed by atoms with E-state index in [0.717, 1.165) is 72.3 Å². The van der Waals surface area contributed by atoms with Gasteiger partial charge in [-0.1, -0.05) is 0 Å². The number of carbonyl (C=O) groups excluding carboxylic acids is 1. The van der Waals surface area contributed by atoms with E-state index in [1.165, 1.54) is 4.57 Å². The van der Waals surface area contributed by atoms with Gasteiger partial charge in [-0.2, -0.15) is 0 Å². The Hall–Kier alpha value is -4.61. The first-order valence-electron chi connectivity index (χ1n) is 14.7. The van der Waals surface area contributed by atoms with Gasteiger partial charge in [0.2, 0.25) is 5.88 Å². The lowest BCUT2D eigenvalue weighted by Gasteiger charge is -2.26. The Morgan fingerprint density at radius 2 is 1.89 bits per heavy atom. The Bertz CT molecular complexity index is 1770. The Morgan fingerprint density at radius 1 is 1.05 bits per heavy atom. The maximum Gasteiger partial charge on any atom is 0.421 e. The molecule has 0 aliphatic carbocycles. The molecule has 0 spiro atoms. The highest BCUT2D eigenvalue weighted by molar-refractivity contribution is 6.03. The molecule has 0 saturated carbocycles. The monoisotopic (exact) mass is 599 g/mol. The quantitative estimate of drug-likeness (QED) is 0.196. The number of ether oxygens (including phenoxy) is 5. The topological polar surface area (TPSA) is 113 Å². The lowest BCUT2D eigenvalue weighted by atomic mass is 10.0. The van der Waals surface area contributed by atoms with Crippen LogP contribution in [0, 0.1) is 0 Å². The maximum atomic E-state index is 12.6. The number of H-pyrrole nitrogens is 1. The highest BCUT2D eigenvalue weighted by atomic mass is 16.6. The van der Waals surface area contributed by atoms with Crippen LogP contribution in [-0.4, -0.2) is 82.7 Å². The molecular weight excluding hydrogens is 562 g/mol. The third kappa shape index (κ3) is 6.48. The van der Waals surface area contributed by atoms with Crippen LogP contribution in [-0.2, 0) is 9.47 Å². The van der Waals surface area contributed by atoms with E-state index in [-0.39, 0.29) is 0 Å². The molecule has 2 aromatic carbocycles. The predicted molar refractivity (Wildman–Crippen MR) is 167 cm³/mol. The van der Waals surface area contributed by atoms with Crippen LogP contribution in [0.1, 0.15) is 27.2 Å². The fraction of sp³-hybridized carbons (Fsp3) is 0.364. The molecule has 11 heteroatoms. The standard InChI is InChI=1S/C33H37N5O6/c1-33(2,3)44-32(39)38-11-5-7-30(38)43-22-8-9-23-25(20-34-26(23)17-22)31-24-18-28(40-4)29(19-27(24)35-21-36-31)42-14-6-10-37-12-15-41-16-13-37/h5,7-9,11,17-21,34H,6,10,12-16H2,1-4H3. The van der Waals surface area contributed by atoms with Crippen molar-refractivity contribution in [3.63, 3.8) is 0 Å². The second-order valence-corrected chi connectivity index (χ2v) is 11.6. The second kappa shape index (κ2) is 12.6. The molecule has 0 radical (unpaired) electrons. The van der Waals surface area contributed by atoms with Crippen LogP contribution in [0.2, 0.25) is 0 Å². The second-order valence-electron chi connectivity index (χ2n) is 11.6. The average Bonchev–Trinajstić information content (AvgIpc) is 3.65. The highest BCUT2D eigenvalue weighted by Gasteiger charge is 2.21. The van der Waals surface area contributed by atoms with Crippen molar-refractivity contribution in [1.82, 2.24) is 24.4 Å². The molecular formula is C33H37N5O6. The summed E-state index contributed by atoms with van der Waals surface area (Å²) >= 11 is 0.